The van der Waals surface area contributed by atoms with Crippen molar-refractivity contribution in [3.63, 3.8) is 0 Å². The standard InChI is InChI=1S/C62H100O24/c1-29(2)30(3)21-46(65)81-45-27-44-58(9)17-15-36(22-37(58)16-18-61(44,70)62(71)20-19-60(69,35(8)64)59(45,62)10)38-23-39(72-11)53(31(4)76-38)82-48-25-42(75-14)56(34(7)78-48)86-85-49-26-41(74-13)54(32(5)79-49)83-47-24-40(73-12)55(33(6)77-47)84-57-52(68)51(67)50(66)43(28-63)80-57/h16,21,29,31-34,36,38-45,47-57,63,66-71H,15,17-20,22-28H2,1-14H3/b30-21+/t31-,32-,33+,34-,36+,38-,39+,40-,41+,42-,43-,44-,45-,47+,48+,49+,50-,51+,52-,53-,54-,55+,56-,57+,58+,59-,60-,61+,62-/m1/s1. The molecule has 5 aliphatic heterocycles. The van der Waals surface area contributed by atoms with Crippen molar-refractivity contribution in [3.8, 4) is 0 Å². The summed E-state index contributed by atoms with van der Waals surface area (Å²) >= 11 is 0. The van der Waals surface area contributed by atoms with Gasteiger partial charge in [0.1, 0.15) is 71.7 Å². The molecule has 0 unspecified atom stereocenters. The minimum atomic E-state index is -2.04. The predicted octanol–water partition coefficient (Wildman–Crippen LogP) is 3.15. The Kier molecular flexibility index (Phi) is 21.2. The van der Waals surface area contributed by atoms with Gasteiger partial charge in [-0.1, -0.05) is 38.0 Å². The maximum Gasteiger partial charge on any atom is 0.330 e. The molecule has 86 heavy (non-hydrogen) atoms. The van der Waals surface area contributed by atoms with Crippen molar-refractivity contribution in [2.24, 2.45) is 28.6 Å². The van der Waals surface area contributed by atoms with Crippen LogP contribution in [0.5, 0.6) is 0 Å². The zero-order valence-electron chi connectivity index (χ0n) is 52.6. The predicted molar refractivity (Wildman–Crippen MR) is 301 cm³/mol. The SMILES string of the molecule is CO[C@H]1C[C@H](OO[C@@H]2[C@@H](C)O[C@@H](O[C@H]3[C@@H](OC)C[C@H]([C@H]4CC[C@@]5(C)C(=CC[C@]6(O)[C@@H]5C[C@@H](OC(=O)/C=C(\C)C(C)C)[C@@]5(C)[C@]6(O)CC[C@@]5(O)C(C)=O)C4)O[C@@H]3C)C[C@H]2OC)O[C@H](C)[C@H]1O[C@H]1C[C@@H](OC)[C@@H](O[C@@H]2O[C@H](CO)[C@@H](O)[C@H](O)[C@H]2O)[C@H](C)O1. The second-order valence-corrected chi connectivity index (χ2v) is 26.9. The molecule has 0 amide bonds. The summed E-state index contributed by atoms with van der Waals surface area (Å²) in [5, 5.41) is 79.1. The first kappa shape index (κ1) is 68.2. The van der Waals surface area contributed by atoms with Crippen LogP contribution in [0.25, 0.3) is 0 Å². The van der Waals surface area contributed by atoms with Crippen molar-refractivity contribution in [1.29, 1.82) is 0 Å². The molecule has 5 saturated heterocycles. The lowest BCUT2D eigenvalue weighted by atomic mass is 9.42. The van der Waals surface area contributed by atoms with Gasteiger partial charge in [0.05, 0.1) is 67.0 Å². The number of Topliss-reactive ketones (excluding diaryl/α,β-unsaturated/α-hetero) is 1. The Morgan fingerprint density at radius 2 is 1.20 bits per heavy atom. The molecule has 492 valence electrons. The Hall–Kier alpha value is -2.22. The number of carbonyl (C=O) groups is 2. The van der Waals surface area contributed by atoms with Gasteiger partial charge in [-0.2, -0.15) is 0 Å². The van der Waals surface area contributed by atoms with E-state index in [1.165, 1.54) is 20.1 Å². The largest absolute Gasteiger partial charge is 0.458 e. The molecule has 0 aromatic heterocycles. The van der Waals surface area contributed by atoms with E-state index in [9.17, 15) is 45.3 Å². The summed E-state index contributed by atoms with van der Waals surface area (Å²) in [5.74, 6) is -1.54. The van der Waals surface area contributed by atoms with Gasteiger partial charge in [-0.15, -0.1) is 0 Å². The molecule has 8 fully saturated rings. The lowest BCUT2D eigenvalue weighted by Gasteiger charge is -2.67. The Morgan fingerprint density at radius 1 is 0.663 bits per heavy atom. The van der Waals surface area contributed by atoms with E-state index in [1.54, 1.807) is 35.2 Å². The van der Waals surface area contributed by atoms with Gasteiger partial charge in [0.25, 0.3) is 0 Å². The van der Waals surface area contributed by atoms with Crippen LogP contribution in [0, 0.1) is 28.6 Å². The van der Waals surface area contributed by atoms with E-state index in [-0.39, 0.29) is 62.6 Å². The summed E-state index contributed by atoms with van der Waals surface area (Å²) in [5.41, 5.74) is -6.07. The van der Waals surface area contributed by atoms with E-state index in [0.717, 1.165) is 17.6 Å². The molecule has 0 bridgehead atoms. The third-order valence-electron chi connectivity index (χ3n) is 22.0. The highest BCUT2D eigenvalue weighted by Crippen LogP contribution is 2.71. The van der Waals surface area contributed by atoms with Crippen LogP contribution in [-0.4, -0.2) is 234 Å². The molecule has 0 spiro atoms. The van der Waals surface area contributed by atoms with Crippen LogP contribution < -0.4 is 0 Å². The molecule has 24 nitrogen and oxygen atoms in total. The highest BCUT2D eigenvalue weighted by atomic mass is 17.2. The van der Waals surface area contributed by atoms with E-state index >= 15 is 0 Å². The van der Waals surface area contributed by atoms with Crippen LogP contribution in [0.2, 0.25) is 0 Å². The third-order valence-corrected chi connectivity index (χ3v) is 22.0. The number of ketones is 1. The molecule has 5 heterocycles. The maximum absolute atomic E-state index is 13.6. The Morgan fingerprint density at radius 3 is 1.77 bits per heavy atom. The maximum atomic E-state index is 13.6. The molecule has 0 radical (unpaired) electrons. The van der Waals surface area contributed by atoms with Crippen LogP contribution >= 0.6 is 0 Å². The van der Waals surface area contributed by atoms with Crippen LogP contribution in [-0.2, 0) is 80.9 Å². The zero-order chi connectivity index (χ0) is 62.7. The van der Waals surface area contributed by atoms with Gasteiger partial charge in [0.2, 0.25) is 0 Å². The van der Waals surface area contributed by atoms with Crippen LogP contribution in [0.4, 0.5) is 0 Å². The summed E-state index contributed by atoms with van der Waals surface area (Å²) in [6.07, 6.45) is -10.7. The first-order valence-corrected chi connectivity index (χ1v) is 31.1. The highest BCUT2D eigenvalue weighted by Gasteiger charge is 2.81. The fourth-order valence-corrected chi connectivity index (χ4v) is 16.3. The third kappa shape index (κ3) is 12.2. The summed E-state index contributed by atoms with van der Waals surface area (Å²) in [6.45, 7) is 17.6. The van der Waals surface area contributed by atoms with Crippen LogP contribution in [0.1, 0.15) is 140 Å². The van der Waals surface area contributed by atoms with Gasteiger partial charge < -0.3 is 97.3 Å². The number of carbonyl (C=O) groups excluding carboxylic acids is 2. The Balaban J connectivity index is 0.780. The lowest BCUT2D eigenvalue weighted by Crippen LogP contribution is -2.78. The zero-order valence-corrected chi connectivity index (χ0v) is 52.6. The molecule has 0 aromatic rings. The first-order chi connectivity index (χ1) is 40.6. The van der Waals surface area contributed by atoms with E-state index in [2.05, 4.69) is 13.0 Å². The summed E-state index contributed by atoms with van der Waals surface area (Å²) in [6, 6.07) is 0. The minimum Gasteiger partial charge on any atom is -0.458 e. The molecule has 9 rings (SSSR count). The van der Waals surface area contributed by atoms with Crippen LogP contribution in [0.3, 0.4) is 0 Å². The van der Waals surface area contributed by atoms with E-state index < -0.39 is 175 Å². The van der Waals surface area contributed by atoms with Crippen molar-refractivity contribution in [2.75, 3.05) is 35.0 Å². The lowest BCUT2D eigenvalue weighted by molar-refractivity contribution is -0.448. The van der Waals surface area contributed by atoms with E-state index in [1.807, 2.05) is 41.5 Å². The van der Waals surface area contributed by atoms with Gasteiger partial charge in [-0.3, -0.25) is 4.79 Å². The van der Waals surface area contributed by atoms with Crippen molar-refractivity contribution in [1.82, 2.24) is 0 Å². The Bertz CT molecular complexity index is 2390. The number of rotatable bonds is 19. The average Bonchev–Trinajstić information content (AvgIpc) is 1.34. The monoisotopic (exact) mass is 1230 g/mol. The van der Waals surface area contributed by atoms with E-state index in [4.69, 9.17) is 71.4 Å². The van der Waals surface area contributed by atoms with Gasteiger partial charge in [0.15, 0.2) is 30.9 Å². The van der Waals surface area contributed by atoms with Crippen molar-refractivity contribution >= 4 is 11.8 Å². The molecule has 24 heteroatoms. The molecular formula is C62H100O24. The van der Waals surface area contributed by atoms with Crippen molar-refractivity contribution in [2.45, 2.75) is 292 Å². The van der Waals surface area contributed by atoms with Gasteiger partial charge in [-0.05, 0) is 111 Å². The topological polar surface area (TPSA) is 314 Å². The molecule has 7 N–H and O–H groups in total. The highest BCUT2D eigenvalue weighted by molar-refractivity contribution is 5.87. The first-order valence-electron chi connectivity index (χ1n) is 31.1. The van der Waals surface area contributed by atoms with Crippen molar-refractivity contribution < 1.29 is 117 Å². The molecule has 0 aromatic carbocycles. The summed E-state index contributed by atoms with van der Waals surface area (Å²) in [7, 11) is 6.33. The number of hydrogen-bond donors (Lipinski definition) is 7. The van der Waals surface area contributed by atoms with E-state index in [0.29, 0.717) is 25.7 Å². The second-order valence-electron chi connectivity index (χ2n) is 26.9. The number of methoxy groups -OCH3 is 4. The average molecular weight is 1230 g/mol. The minimum absolute atomic E-state index is 0.0394. The fourth-order valence-electron chi connectivity index (χ4n) is 16.3. The number of fused-ring (bicyclic) bond motifs is 5. The molecule has 9 aliphatic rings. The Labute approximate surface area is 505 Å². The number of aliphatic hydroxyl groups is 7. The number of aliphatic hydroxyl groups excluding tert-OH is 4. The van der Waals surface area contributed by atoms with Crippen LogP contribution in [0.15, 0.2) is 23.3 Å². The quantitative estimate of drug-likeness (QED) is 0.0321. The normalized spacial score (nSPS) is 50.0. The summed E-state index contributed by atoms with van der Waals surface area (Å²) < 4.78 is 80.9. The molecule has 3 saturated carbocycles. The van der Waals surface area contributed by atoms with Crippen molar-refractivity contribution in [3.05, 3.63) is 23.3 Å². The second kappa shape index (κ2) is 26.8. The van der Waals surface area contributed by atoms with Gasteiger partial charge in [0, 0.05) is 66.1 Å². The smallest absolute Gasteiger partial charge is 0.330 e. The molecule has 4 aliphatic carbocycles. The number of ether oxygens (including phenoxy) is 13. The number of allylic oxidation sites excluding steroid dienone is 2. The fraction of sp³-hybridized carbons (Fsp3) is 0.903. The number of hydrogen-bond acceptors (Lipinski definition) is 24. The van der Waals surface area contributed by atoms with Gasteiger partial charge in [-0.25, -0.2) is 14.6 Å². The summed E-state index contributed by atoms with van der Waals surface area (Å²) in [4.78, 5) is 39.1. The number of esters is 1. The molecule has 29 atom stereocenters. The molecular weight excluding hydrogens is 1130 g/mol. The van der Waals surface area contributed by atoms with Gasteiger partial charge >= 0.3 is 5.97 Å².